The lowest BCUT2D eigenvalue weighted by atomic mass is 9.99. The summed E-state index contributed by atoms with van der Waals surface area (Å²) < 4.78 is 27.8. The number of anilines is 1. The van der Waals surface area contributed by atoms with Crippen LogP contribution in [0.3, 0.4) is 0 Å². The second-order valence-corrected chi connectivity index (χ2v) is 9.84. The second-order valence-electron chi connectivity index (χ2n) is 7.75. The molecule has 1 fully saturated rings. The third-order valence-electron chi connectivity index (χ3n) is 5.34. The number of hydrogen-bond acceptors (Lipinski definition) is 4. The van der Waals surface area contributed by atoms with Crippen LogP contribution in [0.5, 0.6) is 0 Å². The van der Waals surface area contributed by atoms with Crippen LogP contribution in [0.4, 0.5) is 5.69 Å². The molecule has 30 heavy (non-hydrogen) atoms. The van der Waals surface area contributed by atoms with E-state index in [9.17, 15) is 13.2 Å². The molecule has 0 unspecified atom stereocenters. The van der Waals surface area contributed by atoms with Crippen LogP contribution in [0.2, 0.25) is 5.02 Å². The van der Waals surface area contributed by atoms with Gasteiger partial charge in [0.1, 0.15) is 0 Å². The number of carbonyl (C=O) groups is 1. The maximum absolute atomic E-state index is 12.7. The minimum absolute atomic E-state index is 0.0116. The molecule has 0 radical (unpaired) electrons. The Balaban J connectivity index is 1.55. The molecule has 1 amide bonds. The monoisotopic (exact) mass is 449 g/mol. The first-order valence-electron chi connectivity index (χ1n) is 10.2. The Morgan fingerprint density at radius 1 is 1.13 bits per heavy atom. The first-order chi connectivity index (χ1) is 14.3. The Morgan fingerprint density at radius 2 is 1.87 bits per heavy atom. The van der Waals surface area contributed by atoms with E-state index in [-0.39, 0.29) is 10.8 Å². The number of para-hydroxylation sites is 1. The fraction of sp³-hybridized carbons (Fsp3) is 0.409. The topological polar surface area (TPSA) is 78.5 Å². The molecule has 0 saturated carbocycles. The maximum Gasteiger partial charge on any atom is 0.261 e. The quantitative estimate of drug-likeness (QED) is 0.597. The van der Waals surface area contributed by atoms with Gasteiger partial charge in [0.2, 0.25) is 0 Å². The molecule has 2 N–H and O–H groups in total. The molecule has 6 nitrogen and oxygen atoms in total. The van der Waals surface area contributed by atoms with E-state index in [2.05, 4.69) is 21.9 Å². The van der Waals surface area contributed by atoms with E-state index in [1.54, 1.807) is 36.4 Å². The van der Waals surface area contributed by atoms with Gasteiger partial charge in [-0.25, -0.2) is 8.42 Å². The fourth-order valence-electron chi connectivity index (χ4n) is 3.44. The van der Waals surface area contributed by atoms with E-state index in [1.165, 1.54) is 25.0 Å². The molecule has 1 aliphatic rings. The molecule has 3 rings (SSSR count). The van der Waals surface area contributed by atoms with Crippen molar-refractivity contribution in [3.8, 4) is 0 Å². The average molecular weight is 450 g/mol. The highest BCUT2D eigenvalue weighted by molar-refractivity contribution is 7.92. The van der Waals surface area contributed by atoms with E-state index in [0.29, 0.717) is 22.8 Å². The van der Waals surface area contributed by atoms with Crippen LogP contribution in [0.25, 0.3) is 0 Å². The summed E-state index contributed by atoms with van der Waals surface area (Å²) in [5.41, 5.74) is 0.602. The zero-order chi connectivity index (χ0) is 21.6. The van der Waals surface area contributed by atoms with Gasteiger partial charge in [-0.05, 0) is 75.1 Å². The summed E-state index contributed by atoms with van der Waals surface area (Å²) in [6, 6.07) is 12.6. The van der Waals surface area contributed by atoms with Crippen molar-refractivity contribution in [3.05, 3.63) is 59.1 Å². The molecule has 0 aromatic heterocycles. The van der Waals surface area contributed by atoms with Gasteiger partial charge in [-0.2, -0.15) is 0 Å². The van der Waals surface area contributed by atoms with E-state index < -0.39 is 10.0 Å². The summed E-state index contributed by atoms with van der Waals surface area (Å²) in [6.45, 7) is 6.04. The van der Waals surface area contributed by atoms with E-state index in [1.807, 2.05) is 0 Å². The lowest BCUT2D eigenvalue weighted by Gasteiger charge is -2.30. The average Bonchev–Trinajstić information content (AvgIpc) is 2.74. The number of nitrogens with zero attached hydrogens (tertiary/aromatic N) is 1. The van der Waals surface area contributed by atoms with Crippen LogP contribution >= 0.6 is 11.6 Å². The van der Waals surface area contributed by atoms with Crippen LogP contribution in [0.1, 0.15) is 36.5 Å². The Hall–Kier alpha value is -2.09. The highest BCUT2D eigenvalue weighted by Gasteiger charge is 2.18. The summed E-state index contributed by atoms with van der Waals surface area (Å²) in [4.78, 5) is 14.9. The first-order valence-corrected chi connectivity index (χ1v) is 12.1. The number of benzene rings is 2. The van der Waals surface area contributed by atoms with E-state index in [0.717, 1.165) is 32.0 Å². The number of sulfonamides is 1. The standard InChI is InChI=1S/C22H28ClN3O3S/c1-17-10-14-26(15-11-17)13-5-12-24-22(27)18-6-4-7-19(16-18)30(28,29)25-21-9-3-2-8-20(21)23/h2-4,6-9,16-17,25H,5,10-15H2,1H3,(H,24,27). The highest BCUT2D eigenvalue weighted by atomic mass is 35.5. The molecule has 1 aliphatic heterocycles. The van der Waals surface area contributed by atoms with Crippen molar-refractivity contribution in [2.24, 2.45) is 5.92 Å². The molecule has 0 bridgehead atoms. The Bertz CT molecular complexity index is 973. The van der Waals surface area contributed by atoms with E-state index >= 15 is 0 Å². The number of amides is 1. The summed E-state index contributed by atoms with van der Waals surface area (Å²) in [5.74, 6) is 0.522. The van der Waals surface area contributed by atoms with Crippen molar-refractivity contribution in [1.82, 2.24) is 10.2 Å². The van der Waals surface area contributed by atoms with Crippen molar-refractivity contribution in [1.29, 1.82) is 0 Å². The molecule has 2 aromatic rings. The van der Waals surface area contributed by atoms with Gasteiger partial charge in [0.25, 0.3) is 15.9 Å². The van der Waals surface area contributed by atoms with Crippen LogP contribution in [0.15, 0.2) is 53.4 Å². The molecule has 1 heterocycles. The number of piperidine rings is 1. The van der Waals surface area contributed by atoms with Crippen LogP contribution in [-0.4, -0.2) is 45.4 Å². The van der Waals surface area contributed by atoms with Crippen molar-refractivity contribution < 1.29 is 13.2 Å². The van der Waals surface area contributed by atoms with Gasteiger partial charge >= 0.3 is 0 Å². The Labute approximate surface area is 183 Å². The SMILES string of the molecule is CC1CCN(CCCNC(=O)c2cccc(S(=O)(=O)Nc3ccccc3Cl)c2)CC1. The first kappa shape index (κ1) is 22.6. The number of nitrogens with one attached hydrogen (secondary N) is 2. The maximum atomic E-state index is 12.7. The van der Waals surface area contributed by atoms with Crippen LogP contribution in [0, 0.1) is 5.92 Å². The third-order valence-corrected chi connectivity index (χ3v) is 7.03. The smallest absolute Gasteiger partial charge is 0.261 e. The zero-order valence-electron chi connectivity index (χ0n) is 17.1. The molecule has 162 valence electrons. The van der Waals surface area contributed by atoms with Crippen LogP contribution < -0.4 is 10.0 Å². The van der Waals surface area contributed by atoms with Crippen molar-refractivity contribution >= 4 is 33.2 Å². The number of halogens is 1. The van der Waals surface area contributed by atoms with Crippen LogP contribution in [-0.2, 0) is 10.0 Å². The normalized spacial score (nSPS) is 15.7. The summed E-state index contributed by atoms with van der Waals surface area (Å²) in [5, 5.41) is 3.19. The van der Waals surface area contributed by atoms with Gasteiger partial charge in [0.05, 0.1) is 15.6 Å². The van der Waals surface area contributed by atoms with Gasteiger partial charge < -0.3 is 10.2 Å². The lowest BCUT2D eigenvalue weighted by molar-refractivity contribution is 0.0950. The van der Waals surface area contributed by atoms with Gasteiger partial charge in [0.15, 0.2) is 0 Å². The minimum Gasteiger partial charge on any atom is -0.352 e. The predicted molar refractivity (Wildman–Crippen MR) is 120 cm³/mol. The summed E-state index contributed by atoms with van der Waals surface area (Å²) in [7, 11) is -3.86. The van der Waals surface area contributed by atoms with Crippen molar-refractivity contribution in [2.75, 3.05) is 30.9 Å². The molecular formula is C22H28ClN3O3S. The van der Waals surface area contributed by atoms with Crippen molar-refractivity contribution in [3.63, 3.8) is 0 Å². The van der Waals surface area contributed by atoms with Gasteiger partial charge in [-0.3, -0.25) is 9.52 Å². The second kappa shape index (κ2) is 10.3. The van der Waals surface area contributed by atoms with E-state index in [4.69, 9.17) is 11.6 Å². The molecule has 1 saturated heterocycles. The predicted octanol–water partition coefficient (Wildman–Crippen LogP) is 3.99. The van der Waals surface area contributed by atoms with Gasteiger partial charge in [-0.1, -0.05) is 36.7 Å². The zero-order valence-corrected chi connectivity index (χ0v) is 18.7. The fourth-order valence-corrected chi connectivity index (χ4v) is 4.81. The number of carbonyl (C=O) groups excluding carboxylic acids is 1. The molecular weight excluding hydrogens is 422 g/mol. The highest BCUT2D eigenvalue weighted by Crippen LogP contribution is 2.24. The number of rotatable bonds is 8. The Morgan fingerprint density at radius 3 is 2.60 bits per heavy atom. The Kier molecular flexibility index (Phi) is 7.75. The molecule has 0 atom stereocenters. The third kappa shape index (κ3) is 6.20. The lowest BCUT2D eigenvalue weighted by Crippen LogP contribution is -2.35. The summed E-state index contributed by atoms with van der Waals surface area (Å²) >= 11 is 6.04. The van der Waals surface area contributed by atoms with Gasteiger partial charge in [-0.15, -0.1) is 0 Å². The number of likely N-dealkylation sites (tertiary alicyclic amines) is 1. The molecule has 0 aliphatic carbocycles. The molecule has 8 heteroatoms. The van der Waals surface area contributed by atoms with Gasteiger partial charge in [0, 0.05) is 12.1 Å². The largest absolute Gasteiger partial charge is 0.352 e. The summed E-state index contributed by atoms with van der Waals surface area (Å²) in [6.07, 6.45) is 3.33. The number of hydrogen-bond donors (Lipinski definition) is 2. The molecule has 2 aromatic carbocycles. The minimum atomic E-state index is -3.86. The molecule has 0 spiro atoms. The van der Waals surface area contributed by atoms with Crippen molar-refractivity contribution in [2.45, 2.75) is 31.1 Å².